The van der Waals surface area contributed by atoms with Crippen LogP contribution >= 0.6 is 19.7 Å². The van der Waals surface area contributed by atoms with Crippen LogP contribution in [-0.4, -0.2) is 31.8 Å². The molecule has 0 spiro atoms. The molecule has 2 aromatic carbocycles. The Morgan fingerprint density at radius 2 is 1.80 bits per heavy atom. The van der Waals surface area contributed by atoms with E-state index in [0.717, 1.165) is 35.5 Å². The molecule has 2 rings (SSSR count). The summed E-state index contributed by atoms with van der Waals surface area (Å²) in [5, 5.41) is 2.72. The minimum absolute atomic E-state index is 0. The summed E-state index contributed by atoms with van der Waals surface area (Å²) in [6, 6.07) is 14.2. The first-order chi connectivity index (χ1) is 11.7. The molecule has 5 heteroatoms. The van der Waals surface area contributed by atoms with Crippen LogP contribution in [0.5, 0.6) is 0 Å². The summed E-state index contributed by atoms with van der Waals surface area (Å²) < 4.78 is 6.26. The third-order valence-corrected chi connectivity index (χ3v) is 6.13. The second kappa shape index (κ2) is 11.9. The fraction of sp³-hybridized carbons (Fsp3) is 0.350. The van der Waals surface area contributed by atoms with Gasteiger partial charge >= 0.3 is 18.9 Å². The number of aldehydes is 1. The van der Waals surface area contributed by atoms with E-state index in [4.69, 9.17) is 16.1 Å². The van der Waals surface area contributed by atoms with Gasteiger partial charge in [0.05, 0.1) is 19.8 Å². The van der Waals surface area contributed by atoms with Gasteiger partial charge in [-0.15, -0.1) is 0 Å². The fourth-order valence-corrected chi connectivity index (χ4v) is 4.85. The molecule has 0 heterocycles. The number of halogens is 1. The van der Waals surface area contributed by atoms with E-state index in [-0.39, 0.29) is 18.9 Å². The van der Waals surface area contributed by atoms with Crippen LogP contribution in [0.2, 0.25) is 5.02 Å². The van der Waals surface area contributed by atoms with Gasteiger partial charge < -0.3 is 4.52 Å². The van der Waals surface area contributed by atoms with Crippen LogP contribution < -0.4 is 10.6 Å². The zero-order valence-corrected chi connectivity index (χ0v) is 15.9. The quantitative estimate of drug-likeness (QED) is 0.275. The molecule has 130 valence electrons. The second-order valence-corrected chi connectivity index (χ2v) is 8.09. The molecule has 0 aromatic heterocycles. The molecular weight excluding hydrogens is 346 g/mol. The van der Waals surface area contributed by atoms with Crippen LogP contribution in [0.25, 0.3) is 0 Å². The average Bonchev–Trinajstić information content (AvgIpc) is 2.58. The Labute approximate surface area is 169 Å². The molecular formula is C20H25ClLiO2P. The zero-order valence-electron chi connectivity index (χ0n) is 14.3. The fourth-order valence-electron chi connectivity index (χ4n) is 2.55. The number of unbranched alkanes of at least 4 members (excludes halogenated alkanes) is 3. The summed E-state index contributed by atoms with van der Waals surface area (Å²) in [5.41, 5.74) is 1.46. The van der Waals surface area contributed by atoms with Crippen molar-refractivity contribution in [3.63, 3.8) is 0 Å². The van der Waals surface area contributed by atoms with E-state index < -0.39 is 8.15 Å². The standard InChI is InChI=1S/C20H24ClO2P.Li.H/c1-3-4-5-9-12-23-24(17-10-7-6-8-11-17)18-13-16(2)19(15-22)20(21)14-18;;/h6-8,10-11,13-15H,3-5,9,12H2,1-2H3;;. The third kappa shape index (κ3) is 6.56. The number of carbonyl (C=O) groups is 1. The predicted molar refractivity (Wildman–Crippen MR) is 111 cm³/mol. The Balaban J connectivity index is 0.00000312. The molecule has 0 N–H and O–H groups in total. The van der Waals surface area contributed by atoms with Gasteiger partial charge in [0, 0.05) is 16.2 Å². The first-order valence-electron chi connectivity index (χ1n) is 8.40. The first-order valence-corrected chi connectivity index (χ1v) is 10.0. The monoisotopic (exact) mass is 370 g/mol. The summed E-state index contributed by atoms with van der Waals surface area (Å²) in [7, 11) is -0.922. The number of benzene rings is 2. The van der Waals surface area contributed by atoms with Crippen molar-refractivity contribution in [1.82, 2.24) is 0 Å². The van der Waals surface area contributed by atoms with Crippen molar-refractivity contribution in [1.29, 1.82) is 0 Å². The molecule has 1 atom stereocenters. The molecule has 0 saturated heterocycles. The van der Waals surface area contributed by atoms with Gasteiger partial charge in [-0.25, -0.2) is 0 Å². The molecule has 0 aliphatic carbocycles. The number of aryl methyl sites for hydroxylation is 1. The molecule has 0 amide bonds. The van der Waals surface area contributed by atoms with Gasteiger partial charge in [-0.05, 0) is 31.0 Å². The van der Waals surface area contributed by atoms with Crippen molar-refractivity contribution in [3.8, 4) is 0 Å². The topological polar surface area (TPSA) is 26.3 Å². The molecule has 1 unspecified atom stereocenters. The van der Waals surface area contributed by atoms with Gasteiger partial charge in [0.2, 0.25) is 0 Å². The van der Waals surface area contributed by atoms with Gasteiger partial charge in [0.25, 0.3) is 0 Å². The number of hydrogen-bond acceptors (Lipinski definition) is 2. The van der Waals surface area contributed by atoms with E-state index in [1.165, 1.54) is 19.3 Å². The Bertz CT molecular complexity index is 641. The van der Waals surface area contributed by atoms with Crippen LogP contribution in [0.1, 0.15) is 48.5 Å². The van der Waals surface area contributed by atoms with E-state index in [9.17, 15) is 4.79 Å². The van der Waals surface area contributed by atoms with Crippen LogP contribution in [0.15, 0.2) is 42.5 Å². The van der Waals surface area contributed by atoms with E-state index in [2.05, 4.69) is 19.1 Å². The SMILES string of the molecule is CCCCCCOP(c1ccccc1)c1cc(C)c(C=O)c(Cl)c1.[LiH]. The Morgan fingerprint density at radius 3 is 2.40 bits per heavy atom. The number of rotatable bonds is 9. The van der Waals surface area contributed by atoms with E-state index >= 15 is 0 Å². The summed E-state index contributed by atoms with van der Waals surface area (Å²) in [6.07, 6.45) is 5.54. The number of carbonyl (C=O) groups excluding carboxylic acids is 1. The van der Waals surface area contributed by atoms with Crippen molar-refractivity contribution in [2.45, 2.75) is 39.5 Å². The summed E-state index contributed by atoms with van der Waals surface area (Å²) >= 11 is 6.29. The maximum atomic E-state index is 11.2. The Kier molecular flexibility index (Phi) is 10.7. The van der Waals surface area contributed by atoms with Gasteiger partial charge in [-0.3, -0.25) is 4.79 Å². The van der Waals surface area contributed by atoms with Crippen LogP contribution in [0.4, 0.5) is 0 Å². The van der Waals surface area contributed by atoms with Crippen LogP contribution in [0.3, 0.4) is 0 Å². The van der Waals surface area contributed by atoms with Gasteiger partial charge in [-0.1, -0.05) is 68.1 Å². The van der Waals surface area contributed by atoms with E-state index in [0.29, 0.717) is 10.6 Å². The van der Waals surface area contributed by atoms with Crippen molar-refractivity contribution < 1.29 is 9.32 Å². The van der Waals surface area contributed by atoms with Crippen LogP contribution in [0, 0.1) is 6.92 Å². The average molecular weight is 371 g/mol. The van der Waals surface area contributed by atoms with Gasteiger partial charge in [0.15, 0.2) is 6.29 Å². The molecule has 2 aromatic rings. The molecule has 25 heavy (non-hydrogen) atoms. The van der Waals surface area contributed by atoms with Crippen molar-refractivity contribution in [3.05, 3.63) is 58.6 Å². The molecule has 0 aliphatic rings. The van der Waals surface area contributed by atoms with Gasteiger partial charge in [0.1, 0.15) is 0 Å². The van der Waals surface area contributed by atoms with Crippen molar-refractivity contribution in [2.75, 3.05) is 6.61 Å². The molecule has 0 bridgehead atoms. The molecule has 2 nitrogen and oxygen atoms in total. The summed E-state index contributed by atoms with van der Waals surface area (Å²) in [4.78, 5) is 11.2. The predicted octanol–water partition coefficient (Wildman–Crippen LogP) is 4.76. The van der Waals surface area contributed by atoms with E-state index in [1.54, 1.807) is 0 Å². The Morgan fingerprint density at radius 1 is 1.08 bits per heavy atom. The molecule has 0 saturated carbocycles. The third-order valence-electron chi connectivity index (χ3n) is 3.88. The Hall–Kier alpha value is -0.613. The maximum absolute atomic E-state index is 11.2. The molecule has 0 radical (unpaired) electrons. The zero-order chi connectivity index (χ0) is 17.4. The van der Waals surface area contributed by atoms with Gasteiger partial charge in [-0.2, -0.15) is 0 Å². The first kappa shape index (κ1) is 22.4. The minimum atomic E-state index is -0.922. The number of hydrogen-bond donors (Lipinski definition) is 0. The molecule has 0 aliphatic heterocycles. The van der Waals surface area contributed by atoms with Crippen molar-refractivity contribution >= 4 is 55.5 Å². The summed E-state index contributed by atoms with van der Waals surface area (Å²) in [6.45, 7) is 4.86. The van der Waals surface area contributed by atoms with Crippen molar-refractivity contribution in [2.24, 2.45) is 0 Å². The summed E-state index contributed by atoms with van der Waals surface area (Å²) in [5.74, 6) is 0. The second-order valence-electron chi connectivity index (χ2n) is 5.80. The normalized spacial score (nSPS) is 11.6. The van der Waals surface area contributed by atoms with Crippen LogP contribution in [-0.2, 0) is 4.52 Å². The van der Waals surface area contributed by atoms with E-state index in [1.807, 2.05) is 37.3 Å². The molecule has 0 fully saturated rings.